The van der Waals surface area contributed by atoms with Gasteiger partial charge in [0, 0.05) is 310 Å². The van der Waals surface area contributed by atoms with E-state index >= 15 is 0 Å². The molecule has 10 rings (SSSR count). The van der Waals surface area contributed by atoms with Gasteiger partial charge in [0.15, 0.2) is 0 Å². The summed E-state index contributed by atoms with van der Waals surface area (Å²) in [4.78, 5) is 49.9. The fraction of sp³-hybridized carbons (Fsp3) is 1.00. The predicted octanol–water partition coefficient (Wildman–Crippen LogP) is 18.2. The molecule has 10 aliphatic heterocycles. The quantitative estimate of drug-likeness (QED) is 0.139. The van der Waals surface area contributed by atoms with Crippen molar-refractivity contribution >= 4 is 0 Å². The molecule has 0 aliphatic carbocycles. The maximum atomic E-state index is 5.09. The van der Waals surface area contributed by atoms with E-state index < -0.39 is 0 Å². The van der Waals surface area contributed by atoms with Crippen molar-refractivity contribution in [1.82, 2.24) is 98.0 Å². The van der Waals surface area contributed by atoms with E-state index in [1.807, 2.05) is 0 Å². The van der Waals surface area contributed by atoms with Crippen LogP contribution in [0.5, 0.6) is 0 Å². The van der Waals surface area contributed by atoms with Crippen molar-refractivity contribution in [2.75, 3.05) is 261 Å². The first-order valence-electron chi connectivity index (χ1n) is 48.3. The van der Waals surface area contributed by atoms with Crippen LogP contribution in [0.2, 0.25) is 0 Å². The lowest BCUT2D eigenvalue weighted by molar-refractivity contribution is 0.0424. The summed E-state index contributed by atoms with van der Waals surface area (Å²) in [6, 6.07) is 16.5. The van der Waals surface area contributed by atoms with Gasteiger partial charge in [0.05, 0.1) is 6.61 Å². The first-order valence-corrected chi connectivity index (χ1v) is 48.3. The number of nitrogens with zero attached hydrogens (tertiary/aromatic N) is 20. The minimum Gasteiger partial charge on any atom is -0.383 e. The maximum Gasteiger partial charge on any atom is 0.0589 e. The van der Waals surface area contributed by atoms with Gasteiger partial charge in [0.1, 0.15) is 0 Å². The second kappa shape index (κ2) is 76.2. The van der Waals surface area contributed by atoms with Crippen LogP contribution in [0.25, 0.3) is 0 Å². The molecule has 10 heterocycles. The Labute approximate surface area is 806 Å². The molecule has 0 unspecified atom stereocenters. The van der Waals surface area contributed by atoms with Crippen molar-refractivity contribution in [2.24, 2.45) is 0 Å². The van der Waals surface area contributed by atoms with E-state index in [0.717, 1.165) is 61.5 Å². The van der Waals surface area contributed by atoms with Crippen molar-refractivity contribution in [3.05, 3.63) is 0 Å². The van der Waals surface area contributed by atoms with E-state index in [0.29, 0.717) is 90.6 Å². The summed E-state index contributed by atoms with van der Waals surface area (Å²) in [7, 11) is 26.1. The molecule has 21 heteroatoms. The Morgan fingerprint density at radius 1 is 0.244 bits per heavy atom. The van der Waals surface area contributed by atoms with Crippen molar-refractivity contribution in [1.29, 1.82) is 0 Å². The number of rotatable bonds is 17. The van der Waals surface area contributed by atoms with Gasteiger partial charge in [-0.05, 0) is 311 Å². The van der Waals surface area contributed by atoms with Gasteiger partial charge in [-0.15, -0.1) is 0 Å². The standard InChI is InChI=1S/C11H24N2O.5C10H22N2.3C9H20N2.C8H18N2.10CH4/c1-10(2)13-6-5-11(9-13)12(3)7-8-14-4;4*1-8(2)12-6-9(3)11(5)10(4)7-12;1-5-11(4)10-6-7-12(8-10)9(2)3;1-8(2)11-6-5-9(7-11)10(3)4;2*1-8(2)11-6-5-10(4)9(3)7-11;1-8(2)10-6-4-9(3)5-7-10;;;;;;;;;;/h10-11H,5-9H2,1-4H3;4*8-10H,6-7H2,1-5H3;9-10H,5-8H2,1-4H3;3*8-9H,5-7H2,1-4H3;8H,4-7H2,1-3H3;10*1H4/t11-;2*9-,10+;2*9-,10-;10-;3*9-;;;;;;;;;;;/m1..101110.........../s1. The molecule has 127 heavy (non-hydrogen) atoms. The summed E-state index contributed by atoms with van der Waals surface area (Å²) in [6.07, 6.45) is 3.99. The summed E-state index contributed by atoms with van der Waals surface area (Å²) >= 11 is 0. The molecule has 782 valence electrons. The third kappa shape index (κ3) is 56.0. The number of piperazine rings is 7. The number of hydrogen-bond donors (Lipinski definition) is 0. The van der Waals surface area contributed by atoms with E-state index in [1.54, 1.807) is 7.11 Å². The monoisotopic (exact) mass is 1820 g/mol. The van der Waals surface area contributed by atoms with Gasteiger partial charge in [-0.25, -0.2) is 0 Å². The van der Waals surface area contributed by atoms with Crippen LogP contribution in [0, 0.1) is 0 Å². The highest BCUT2D eigenvalue weighted by Crippen LogP contribution is 2.23. The van der Waals surface area contributed by atoms with Crippen LogP contribution in [0.15, 0.2) is 0 Å². The van der Waals surface area contributed by atoms with E-state index in [-0.39, 0.29) is 74.3 Å². The van der Waals surface area contributed by atoms with Gasteiger partial charge < -0.3 is 29.2 Å². The van der Waals surface area contributed by atoms with Crippen LogP contribution < -0.4 is 0 Å². The van der Waals surface area contributed by atoms with E-state index in [1.165, 1.54) is 183 Å². The first kappa shape index (κ1) is 146. The summed E-state index contributed by atoms with van der Waals surface area (Å²) < 4.78 is 5.09. The largest absolute Gasteiger partial charge is 0.383 e. The zero-order valence-corrected chi connectivity index (χ0v) is 86.8. The van der Waals surface area contributed by atoms with Gasteiger partial charge in [0.25, 0.3) is 0 Å². The second-order valence-corrected chi connectivity index (χ2v) is 41.5. The summed E-state index contributed by atoms with van der Waals surface area (Å²) in [6.45, 7) is 104. The van der Waals surface area contributed by atoms with Crippen molar-refractivity contribution in [2.45, 2.75) is 447 Å². The summed E-state index contributed by atoms with van der Waals surface area (Å²) in [5.41, 5.74) is 0. The van der Waals surface area contributed by atoms with Crippen LogP contribution >= 0.6 is 0 Å². The molecular weight excluding hydrogens is 1570 g/mol. The lowest BCUT2D eigenvalue weighted by Crippen LogP contribution is -2.56. The van der Waals surface area contributed by atoms with E-state index in [4.69, 9.17) is 4.74 Å². The normalized spacial score (nSPS) is 27.5. The topological polar surface area (TPSA) is 74.0 Å². The SMILES string of the molecule is C.C.C.C.C.C.C.C.C.C.CC(C)N1CCN(C)CC1.CC(C)N1CCN(C)[C@@H](C)C1.CC(C)N1CCN(C)[C@H](C)C1.CC(C)N1CC[C@@H](N(C)C)C1.CC(C)N1C[C@@H](C)N(C)[C@@H](C)C1.CC(C)N1C[C@@H](C)N(C)[C@@H](C)C1.CC(C)N1C[C@@H](C)N(C)[C@H](C)C1.CC(C)N1C[C@H](C)N(C)[C@@H](C)C1.CCN(C)[C@@H]1CCN(C(C)C)C1.COCCN(C)[C@@H]1CCN(C(C)C)C1. The number of ether oxygens (including phenoxy) is 1. The number of hydrogen-bond acceptors (Lipinski definition) is 21. The van der Waals surface area contributed by atoms with Gasteiger partial charge in [-0.3, -0.25) is 73.5 Å². The number of methoxy groups -OCH3 is 1. The smallest absolute Gasteiger partial charge is 0.0589 e. The third-order valence-electron chi connectivity index (χ3n) is 29.1. The van der Waals surface area contributed by atoms with Crippen molar-refractivity contribution in [3.8, 4) is 0 Å². The van der Waals surface area contributed by atoms with E-state index in [2.05, 4.69) is 390 Å². The molecule has 0 amide bonds. The van der Waals surface area contributed by atoms with Crippen LogP contribution in [-0.2, 0) is 4.74 Å². The van der Waals surface area contributed by atoms with E-state index in [9.17, 15) is 0 Å². The lowest BCUT2D eigenvalue weighted by Gasteiger charge is -2.44. The Balaban J connectivity index is -0.000000149. The number of likely N-dealkylation sites (N-methyl/N-ethyl adjacent to an activating group) is 10. The Hall–Kier alpha value is -0.840. The molecule has 0 bridgehead atoms. The third-order valence-corrected chi connectivity index (χ3v) is 29.1. The highest BCUT2D eigenvalue weighted by atomic mass is 16.5. The summed E-state index contributed by atoms with van der Waals surface area (Å²) in [5, 5.41) is 0. The Morgan fingerprint density at radius 2 is 0.441 bits per heavy atom. The van der Waals surface area contributed by atoms with Crippen LogP contribution in [0.3, 0.4) is 0 Å². The number of likely N-dealkylation sites (tertiary alicyclic amines) is 3. The molecule has 0 aromatic rings. The highest BCUT2D eigenvalue weighted by Gasteiger charge is 2.34. The lowest BCUT2D eigenvalue weighted by atomic mass is 10.1. The molecule has 10 saturated heterocycles. The van der Waals surface area contributed by atoms with Gasteiger partial charge in [-0.1, -0.05) is 81.2 Å². The maximum absolute atomic E-state index is 5.09. The molecule has 0 aromatic carbocycles. The molecule has 0 spiro atoms. The highest BCUT2D eigenvalue weighted by molar-refractivity contribution is 4.91. The van der Waals surface area contributed by atoms with Crippen LogP contribution in [-0.4, -0.2) is 498 Å². The Kier molecular flexibility index (Phi) is 87.8. The molecule has 10 aliphatic rings. The predicted molar refractivity (Wildman–Crippen MR) is 585 cm³/mol. The van der Waals surface area contributed by atoms with Crippen LogP contribution in [0.4, 0.5) is 0 Å². The van der Waals surface area contributed by atoms with Gasteiger partial charge in [-0.2, -0.15) is 0 Å². The van der Waals surface area contributed by atoms with Crippen molar-refractivity contribution < 1.29 is 4.74 Å². The summed E-state index contributed by atoms with van der Waals surface area (Å²) in [5.74, 6) is 0. The second-order valence-electron chi connectivity index (χ2n) is 41.5. The van der Waals surface area contributed by atoms with Crippen LogP contribution in [0.1, 0.15) is 308 Å². The molecule has 0 radical (unpaired) electrons. The minimum absolute atomic E-state index is 0. The fourth-order valence-electron chi connectivity index (χ4n) is 17.4. The van der Waals surface area contributed by atoms with Gasteiger partial charge >= 0.3 is 0 Å². The molecule has 0 aromatic heterocycles. The first-order chi connectivity index (χ1) is 54.4. The molecule has 0 saturated carbocycles. The Morgan fingerprint density at radius 3 is 0.630 bits per heavy atom. The van der Waals surface area contributed by atoms with Gasteiger partial charge in [0.2, 0.25) is 0 Å². The fourth-order valence-corrected chi connectivity index (χ4v) is 17.4. The zero-order valence-electron chi connectivity index (χ0n) is 86.8. The zero-order chi connectivity index (χ0) is 89.7. The molecular formula is C106H252N20O. The Bertz CT molecular complexity index is 2170. The average Bonchev–Trinajstić information content (AvgIpc) is 1.82. The molecule has 13 atom stereocenters. The molecule has 21 nitrogen and oxygen atoms in total. The minimum atomic E-state index is 0. The molecule has 10 fully saturated rings. The molecule has 0 N–H and O–H groups in total. The average molecular weight is 1820 g/mol. The van der Waals surface area contributed by atoms with Crippen molar-refractivity contribution in [3.63, 3.8) is 0 Å².